The van der Waals surface area contributed by atoms with Gasteiger partial charge < -0.3 is 24.1 Å². The van der Waals surface area contributed by atoms with Gasteiger partial charge in [-0.3, -0.25) is 4.79 Å². The molecule has 2 aromatic rings. The predicted molar refractivity (Wildman–Crippen MR) is 145 cm³/mol. The van der Waals surface area contributed by atoms with Crippen LogP contribution in [0.15, 0.2) is 12.1 Å². The first kappa shape index (κ1) is 28.5. The molecule has 1 N–H and O–H groups in total. The maximum Gasteiger partial charge on any atom is 0.346 e. The molecular weight excluding hydrogens is 531 g/mol. The Labute approximate surface area is 233 Å². The van der Waals surface area contributed by atoms with E-state index in [1.54, 1.807) is 19.1 Å². The maximum absolute atomic E-state index is 13.2. The number of hydrogen-bond donors (Lipinski definition) is 1. The number of carbonyl (C=O) groups is 2. The van der Waals surface area contributed by atoms with Crippen molar-refractivity contribution >= 4 is 35.1 Å². The average molecular weight is 565 g/mol. The Morgan fingerprint density at radius 1 is 1.11 bits per heavy atom. The SMILES string of the molecule is COc1c([C@@H](O)CC(C)C)ccc2c1C(=O)OCc1c(Cl)c(C)c(Cl)c(OC(=O)C3CCCCCC3)c1O2. The Hall–Kier alpha value is -2.48. The molecule has 9 heteroatoms. The van der Waals surface area contributed by atoms with E-state index in [4.69, 9.17) is 42.1 Å². The highest BCUT2D eigenvalue weighted by Gasteiger charge is 2.34. The van der Waals surface area contributed by atoms with Crippen molar-refractivity contribution in [1.82, 2.24) is 0 Å². The van der Waals surface area contributed by atoms with Gasteiger partial charge in [-0.05, 0) is 49.8 Å². The number of fused-ring (bicyclic) bond motifs is 2. The summed E-state index contributed by atoms with van der Waals surface area (Å²) in [5.41, 5.74) is 1.30. The molecule has 4 rings (SSSR count). The third-order valence-corrected chi connectivity index (χ3v) is 8.13. The van der Waals surface area contributed by atoms with Crippen LogP contribution in [0.3, 0.4) is 0 Å². The van der Waals surface area contributed by atoms with Crippen molar-refractivity contribution in [3.63, 3.8) is 0 Å². The van der Waals surface area contributed by atoms with Gasteiger partial charge in [0, 0.05) is 5.56 Å². The lowest BCUT2D eigenvalue weighted by atomic mass is 9.96. The second kappa shape index (κ2) is 12.1. The van der Waals surface area contributed by atoms with E-state index in [9.17, 15) is 14.7 Å². The molecule has 0 saturated heterocycles. The zero-order valence-electron chi connectivity index (χ0n) is 22.2. The number of hydrogen-bond acceptors (Lipinski definition) is 7. The summed E-state index contributed by atoms with van der Waals surface area (Å²) in [6.45, 7) is 5.45. The van der Waals surface area contributed by atoms with Crippen LogP contribution in [0.1, 0.15) is 91.9 Å². The highest BCUT2D eigenvalue weighted by atomic mass is 35.5. The van der Waals surface area contributed by atoms with Crippen LogP contribution in [0.4, 0.5) is 0 Å². The van der Waals surface area contributed by atoms with Crippen molar-refractivity contribution < 1.29 is 33.6 Å². The van der Waals surface area contributed by atoms with Crippen molar-refractivity contribution in [1.29, 1.82) is 0 Å². The van der Waals surface area contributed by atoms with Gasteiger partial charge in [-0.25, -0.2) is 4.79 Å². The minimum atomic E-state index is -0.858. The first-order valence-corrected chi connectivity index (χ1v) is 13.9. The van der Waals surface area contributed by atoms with Crippen LogP contribution < -0.4 is 14.2 Å². The number of aliphatic hydroxyl groups excluding tert-OH is 1. The monoisotopic (exact) mass is 564 g/mol. The molecule has 206 valence electrons. The van der Waals surface area contributed by atoms with Crippen LogP contribution in [0.25, 0.3) is 0 Å². The van der Waals surface area contributed by atoms with Gasteiger partial charge in [-0.2, -0.15) is 0 Å². The summed E-state index contributed by atoms with van der Waals surface area (Å²) in [6, 6.07) is 3.21. The van der Waals surface area contributed by atoms with E-state index in [0.717, 1.165) is 38.5 Å². The summed E-state index contributed by atoms with van der Waals surface area (Å²) < 4.78 is 23.4. The number of rotatable bonds is 6. The second-order valence-corrected chi connectivity index (χ2v) is 11.1. The van der Waals surface area contributed by atoms with E-state index < -0.39 is 12.1 Å². The van der Waals surface area contributed by atoms with Gasteiger partial charge in [-0.1, -0.05) is 62.7 Å². The van der Waals surface area contributed by atoms with Crippen LogP contribution >= 0.6 is 23.2 Å². The van der Waals surface area contributed by atoms with E-state index >= 15 is 0 Å². The van der Waals surface area contributed by atoms with Crippen LogP contribution in [0.2, 0.25) is 10.0 Å². The third-order valence-electron chi connectivity index (χ3n) is 7.17. The maximum atomic E-state index is 13.2. The molecular formula is C29H34Cl2O7. The van der Waals surface area contributed by atoms with Gasteiger partial charge in [0.05, 0.1) is 34.7 Å². The van der Waals surface area contributed by atoms with E-state index in [-0.39, 0.29) is 63.0 Å². The summed E-state index contributed by atoms with van der Waals surface area (Å²) in [7, 11) is 1.41. The molecule has 1 fully saturated rings. The van der Waals surface area contributed by atoms with E-state index in [2.05, 4.69) is 0 Å². The van der Waals surface area contributed by atoms with Crippen LogP contribution in [0, 0.1) is 18.8 Å². The van der Waals surface area contributed by atoms with Gasteiger partial charge in [0.15, 0.2) is 11.5 Å². The van der Waals surface area contributed by atoms with Gasteiger partial charge in [0.2, 0.25) is 0 Å². The Balaban J connectivity index is 1.81. The Bertz CT molecular complexity index is 1220. The zero-order valence-corrected chi connectivity index (χ0v) is 23.7. The Morgan fingerprint density at radius 3 is 2.42 bits per heavy atom. The van der Waals surface area contributed by atoms with Gasteiger partial charge in [0.1, 0.15) is 23.7 Å². The number of aliphatic hydroxyl groups is 1. The van der Waals surface area contributed by atoms with Crippen molar-refractivity contribution in [3.05, 3.63) is 44.4 Å². The van der Waals surface area contributed by atoms with E-state index in [0.29, 0.717) is 23.1 Å². The molecule has 2 aliphatic rings. The molecule has 1 atom stereocenters. The van der Waals surface area contributed by atoms with Gasteiger partial charge in [0.25, 0.3) is 0 Å². The van der Waals surface area contributed by atoms with Crippen molar-refractivity contribution in [2.75, 3.05) is 7.11 Å². The van der Waals surface area contributed by atoms with Crippen molar-refractivity contribution in [2.24, 2.45) is 11.8 Å². The highest BCUT2D eigenvalue weighted by molar-refractivity contribution is 6.38. The molecule has 1 saturated carbocycles. The molecule has 0 amide bonds. The molecule has 0 bridgehead atoms. The fraction of sp³-hybridized carbons (Fsp3) is 0.517. The second-order valence-electron chi connectivity index (χ2n) is 10.4. The average Bonchev–Trinajstić information content (AvgIpc) is 3.17. The summed E-state index contributed by atoms with van der Waals surface area (Å²) in [6.07, 6.45) is 5.26. The topological polar surface area (TPSA) is 91.3 Å². The molecule has 1 aliphatic heterocycles. The fourth-order valence-corrected chi connectivity index (χ4v) is 5.59. The molecule has 1 heterocycles. The molecule has 38 heavy (non-hydrogen) atoms. The quantitative estimate of drug-likeness (QED) is 0.218. The first-order chi connectivity index (χ1) is 18.1. The lowest BCUT2D eigenvalue weighted by Gasteiger charge is -2.26. The molecule has 0 radical (unpaired) electrons. The van der Waals surface area contributed by atoms with Gasteiger partial charge >= 0.3 is 11.9 Å². The standard InChI is InChI=1S/C29H34Cl2O7/c1-15(2)13-20(32)18-11-12-21-22(25(18)35-4)29(34)36-14-19-23(30)16(3)24(31)27(26(19)37-21)38-28(33)17-9-7-5-6-8-10-17/h11-12,15,17,20,32H,5-10,13-14H2,1-4H3/t20-/m0/s1. The summed E-state index contributed by atoms with van der Waals surface area (Å²) in [4.78, 5) is 26.4. The number of methoxy groups -OCH3 is 1. The van der Waals surface area contributed by atoms with E-state index in [1.807, 2.05) is 13.8 Å². The molecule has 0 spiro atoms. The molecule has 0 aromatic heterocycles. The predicted octanol–water partition coefficient (Wildman–Crippen LogP) is 7.73. The number of benzene rings is 2. The lowest BCUT2D eigenvalue weighted by Crippen LogP contribution is -2.21. The van der Waals surface area contributed by atoms with Crippen LogP contribution in [0.5, 0.6) is 23.0 Å². The molecule has 0 unspecified atom stereocenters. The smallest absolute Gasteiger partial charge is 0.346 e. The highest BCUT2D eigenvalue weighted by Crippen LogP contribution is 2.50. The van der Waals surface area contributed by atoms with Crippen molar-refractivity contribution in [3.8, 4) is 23.0 Å². The minimum absolute atomic E-state index is 0.0207. The largest absolute Gasteiger partial charge is 0.495 e. The normalized spacial score (nSPS) is 16.8. The number of halogens is 2. The third kappa shape index (κ3) is 5.75. The number of esters is 2. The van der Waals surface area contributed by atoms with Gasteiger partial charge in [-0.15, -0.1) is 0 Å². The Kier molecular flexibility index (Phi) is 9.11. The number of carbonyl (C=O) groups excluding carboxylic acids is 2. The molecule has 2 aromatic carbocycles. The summed E-state index contributed by atoms with van der Waals surface area (Å²) in [5, 5.41) is 11.2. The van der Waals surface area contributed by atoms with Crippen LogP contribution in [-0.2, 0) is 16.1 Å². The van der Waals surface area contributed by atoms with Crippen LogP contribution in [-0.4, -0.2) is 24.2 Å². The minimum Gasteiger partial charge on any atom is -0.495 e. The first-order valence-electron chi connectivity index (χ1n) is 13.1. The number of cyclic esters (lactones) is 1. The Morgan fingerprint density at radius 2 is 1.79 bits per heavy atom. The lowest BCUT2D eigenvalue weighted by molar-refractivity contribution is -0.139. The molecule has 7 nitrogen and oxygen atoms in total. The fourth-order valence-electron chi connectivity index (χ4n) is 5.09. The zero-order chi connectivity index (χ0) is 27.6. The van der Waals surface area contributed by atoms with Crippen molar-refractivity contribution in [2.45, 2.75) is 78.4 Å². The summed E-state index contributed by atoms with van der Waals surface area (Å²) >= 11 is 13.3. The molecule has 1 aliphatic carbocycles. The van der Waals surface area contributed by atoms with E-state index in [1.165, 1.54) is 7.11 Å². The summed E-state index contributed by atoms with van der Waals surface area (Å²) in [5.74, 6) is -0.661. The number of ether oxygens (including phenoxy) is 4.